The molecule has 8 aromatic carbocycles. The van der Waals surface area contributed by atoms with Crippen molar-refractivity contribution in [2.75, 3.05) is 0 Å². The van der Waals surface area contributed by atoms with Crippen molar-refractivity contribution in [3.8, 4) is 67.3 Å². The van der Waals surface area contributed by atoms with Crippen molar-refractivity contribution in [2.24, 2.45) is 0 Å². The highest BCUT2D eigenvalue weighted by Crippen LogP contribution is 2.52. The third-order valence-electron chi connectivity index (χ3n) is 10.8. The molecule has 0 atom stereocenters. The molecule has 0 aliphatic heterocycles. The fourth-order valence-electron chi connectivity index (χ4n) is 8.14. The molecule has 0 N–H and O–H groups in total. The van der Waals surface area contributed by atoms with Crippen LogP contribution in [0.2, 0.25) is 0 Å². The number of rotatable bonds is 5. The number of aromatic nitrogens is 2. The van der Waals surface area contributed by atoms with E-state index in [4.69, 9.17) is 16.8 Å². The van der Waals surface area contributed by atoms with E-state index in [1.165, 1.54) is 33.0 Å². The van der Waals surface area contributed by atoms with E-state index in [0.717, 1.165) is 44.2 Å². The molecule has 0 radical (unpaired) electrons. The molecule has 1 aromatic heterocycles. The number of benzene rings is 8. The van der Waals surface area contributed by atoms with Crippen LogP contribution in [-0.4, -0.2) is 9.97 Å². The number of fused-ring (bicyclic) bond motifs is 6. The molecule has 1 aliphatic rings. The third-order valence-corrected chi connectivity index (χ3v) is 10.8. The molecule has 1 aliphatic carbocycles. The first-order chi connectivity index (χ1) is 28.1. The van der Waals surface area contributed by atoms with E-state index < -0.39 is 18.1 Å². The molecule has 53 heavy (non-hydrogen) atoms. The maximum atomic E-state index is 8.83. The van der Waals surface area contributed by atoms with Crippen LogP contribution in [0.25, 0.3) is 88.8 Å². The lowest BCUT2D eigenvalue weighted by Gasteiger charge is -2.22. The van der Waals surface area contributed by atoms with Crippen molar-refractivity contribution in [3.63, 3.8) is 0 Å². The summed E-state index contributed by atoms with van der Waals surface area (Å²) in [6.45, 7) is 4.62. The first kappa shape index (κ1) is 26.2. The Labute approximate surface area is 317 Å². The second-order valence-corrected chi connectivity index (χ2v) is 14.2. The fourth-order valence-corrected chi connectivity index (χ4v) is 8.14. The van der Waals surface area contributed by atoms with Crippen molar-refractivity contribution >= 4 is 21.5 Å². The van der Waals surface area contributed by atoms with Crippen molar-refractivity contribution < 1.29 is 6.85 Å². The Morgan fingerprint density at radius 2 is 1.09 bits per heavy atom. The number of hydrogen-bond donors (Lipinski definition) is 0. The summed E-state index contributed by atoms with van der Waals surface area (Å²) < 4.78 is 42.8. The highest BCUT2D eigenvalue weighted by molar-refractivity contribution is 6.06. The van der Waals surface area contributed by atoms with Gasteiger partial charge in [0.15, 0.2) is 5.82 Å². The summed E-state index contributed by atoms with van der Waals surface area (Å²) in [5.74, 6) is 0.0655. The van der Waals surface area contributed by atoms with Gasteiger partial charge in [-0.2, -0.15) is 0 Å². The van der Waals surface area contributed by atoms with Gasteiger partial charge in [0.25, 0.3) is 0 Å². The minimum absolute atomic E-state index is 0.0382. The molecule has 0 spiro atoms. The van der Waals surface area contributed by atoms with E-state index >= 15 is 0 Å². The lowest BCUT2D eigenvalue weighted by atomic mass is 9.81. The van der Waals surface area contributed by atoms with E-state index in [9.17, 15) is 0 Å². The Hall–Kier alpha value is -6.64. The lowest BCUT2D eigenvalue weighted by molar-refractivity contribution is 0.661. The minimum Gasteiger partial charge on any atom is -0.228 e. The molecular weight excluding hydrogens is 641 g/mol. The van der Waals surface area contributed by atoms with Gasteiger partial charge in [0, 0.05) is 22.1 Å². The van der Waals surface area contributed by atoms with Crippen LogP contribution in [0.4, 0.5) is 0 Å². The summed E-state index contributed by atoms with van der Waals surface area (Å²) in [6, 6.07) is 50.6. The summed E-state index contributed by atoms with van der Waals surface area (Å²) in [4.78, 5) is 9.92. The first-order valence-corrected chi connectivity index (χ1v) is 17.9. The van der Waals surface area contributed by atoms with Crippen LogP contribution in [0, 0.1) is 0 Å². The highest BCUT2D eigenvalue weighted by Gasteiger charge is 2.36. The van der Waals surface area contributed by atoms with Crippen LogP contribution in [0.5, 0.6) is 0 Å². The zero-order chi connectivity index (χ0) is 39.9. The molecule has 9 aromatic rings. The molecule has 2 nitrogen and oxygen atoms in total. The molecular formula is C51H36N2. The highest BCUT2D eigenvalue weighted by atomic mass is 14.9. The lowest BCUT2D eigenvalue weighted by Crippen LogP contribution is -2.15. The fraction of sp³-hybridized carbons (Fsp3) is 0.0588. The van der Waals surface area contributed by atoms with Gasteiger partial charge in [0.05, 0.1) is 18.2 Å². The van der Waals surface area contributed by atoms with Crippen molar-refractivity contribution in [1.29, 1.82) is 0 Å². The van der Waals surface area contributed by atoms with Gasteiger partial charge < -0.3 is 0 Å². The second kappa shape index (κ2) is 12.3. The molecule has 0 saturated heterocycles. The maximum Gasteiger partial charge on any atom is 0.160 e. The van der Waals surface area contributed by atoms with Crippen LogP contribution in [0.3, 0.4) is 0 Å². The van der Waals surface area contributed by atoms with Gasteiger partial charge in [0.2, 0.25) is 0 Å². The van der Waals surface area contributed by atoms with Crippen LogP contribution in [0.15, 0.2) is 182 Å². The normalized spacial score (nSPS) is 14.2. The van der Waals surface area contributed by atoms with Gasteiger partial charge in [-0.3, -0.25) is 0 Å². The third kappa shape index (κ3) is 5.18. The summed E-state index contributed by atoms with van der Waals surface area (Å²) in [5, 5.41) is 4.54. The Morgan fingerprint density at radius 1 is 0.434 bits per heavy atom. The molecule has 2 heteroatoms. The van der Waals surface area contributed by atoms with Gasteiger partial charge in [0.1, 0.15) is 0 Å². The zero-order valence-corrected chi connectivity index (χ0v) is 29.3. The summed E-state index contributed by atoms with van der Waals surface area (Å²) >= 11 is 0. The monoisotopic (exact) mass is 681 g/mol. The van der Waals surface area contributed by atoms with Gasteiger partial charge in [-0.05, 0) is 84.3 Å². The molecule has 0 amide bonds. The van der Waals surface area contributed by atoms with E-state index in [1.807, 2.05) is 54.6 Å². The predicted octanol–water partition coefficient (Wildman–Crippen LogP) is 13.4. The summed E-state index contributed by atoms with van der Waals surface area (Å²) in [6.07, 6.45) is 0. The van der Waals surface area contributed by atoms with Gasteiger partial charge in [-0.1, -0.05) is 178 Å². The number of hydrogen-bond acceptors (Lipinski definition) is 2. The van der Waals surface area contributed by atoms with E-state index in [2.05, 4.69) is 111 Å². The predicted molar refractivity (Wildman–Crippen MR) is 222 cm³/mol. The largest absolute Gasteiger partial charge is 0.228 e. The van der Waals surface area contributed by atoms with Crippen LogP contribution >= 0.6 is 0 Å². The Balaban J connectivity index is 1.16. The average Bonchev–Trinajstić information content (AvgIpc) is 3.50. The molecule has 0 unspecified atom stereocenters. The standard InChI is InChI=1S/C51H36N2/c1-51(2)45-29-25-34-16-9-10-21-40(34)49(45)44-26-24-37(31-46(44)51)39-27-28-43(42-23-12-11-22-41(39)42)48-32-47(52-50(53-48)35-17-7-4-8-18-35)38-20-13-19-36(30-38)33-14-5-3-6-15-33/h3-32H,1-2H3/i4D,7D,8D,17D,18D. The van der Waals surface area contributed by atoms with Crippen molar-refractivity contribution in [1.82, 2.24) is 9.97 Å². The number of nitrogens with zero attached hydrogens (tertiary/aromatic N) is 2. The SMILES string of the molecule is [2H]c1c([2H])c([2H])c(-c2nc(-c3cccc(-c4ccccc4)c3)cc(-c3ccc(-c4ccc5c(c4)C(C)(C)c4ccc6ccccc6c4-5)c4ccccc34)n2)c([2H])c1[2H]. The van der Waals surface area contributed by atoms with E-state index in [-0.39, 0.29) is 28.9 Å². The Kier molecular flexibility index (Phi) is 6.05. The topological polar surface area (TPSA) is 25.8 Å². The zero-order valence-electron chi connectivity index (χ0n) is 34.3. The van der Waals surface area contributed by atoms with Crippen molar-refractivity contribution in [3.05, 3.63) is 193 Å². The Morgan fingerprint density at radius 3 is 1.92 bits per heavy atom. The van der Waals surface area contributed by atoms with Crippen molar-refractivity contribution in [2.45, 2.75) is 19.3 Å². The Bertz CT molecular complexity index is 3130. The summed E-state index contributed by atoms with van der Waals surface area (Å²) in [5.41, 5.74) is 12.1. The molecule has 0 saturated carbocycles. The van der Waals surface area contributed by atoms with Gasteiger partial charge in [-0.25, -0.2) is 9.97 Å². The molecule has 1 heterocycles. The second-order valence-electron chi connectivity index (χ2n) is 14.2. The average molecular weight is 682 g/mol. The summed E-state index contributed by atoms with van der Waals surface area (Å²) in [7, 11) is 0. The molecule has 0 bridgehead atoms. The van der Waals surface area contributed by atoms with E-state index in [1.54, 1.807) is 0 Å². The molecule has 250 valence electrons. The van der Waals surface area contributed by atoms with Crippen LogP contribution in [-0.2, 0) is 5.41 Å². The molecule has 10 rings (SSSR count). The smallest absolute Gasteiger partial charge is 0.160 e. The minimum atomic E-state index is -0.459. The van der Waals surface area contributed by atoms with Gasteiger partial charge in [-0.15, -0.1) is 0 Å². The quantitative estimate of drug-likeness (QED) is 0.181. The maximum absolute atomic E-state index is 8.83. The van der Waals surface area contributed by atoms with Crippen LogP contribution < -0.4 is 0 Å². The molecule has 0 fully saturated rings. The van der Waals surface area contributed by atoms with Crippen LogP contribution in [0.1, 0.15) is 31.8 Å². The van der Waals surface area contributed by atoms with Gasteiger partial charge >= 0.3 is 0 Å². The van der Waals surface area contributed by atoms with E-state index in [0.29, 0.717) is 11.4 Å². The first-order valence-electron chi connectivity index (χ1n) is 20.4.